The van der Waals surface area contributed by atoms with Crippen molar-refractivity contribution in [2.24, 2.45) is 0 Å². The quantitative estimate of drug-likeness (QED) is 0.606. The van der Waals surface area contributed by atoms with Gasteiger partial charge in [-0.3, -0.25) is 19.5 Å². The van der Waals surface area contributed by atoms with Gasteiger partial charge in [0.15, 0.2) is 0 Å². The second kappa shape index (κ2) is 7.92. The normalized spacial score (nSPS) is 11.7. The summed E-state index contributed by atoms with van der Waals surface area (Å²) in [5, 5.41) is 15.0. The van der Waals surface area contributed by atoms with Crippen molar-refractivity contribution < 1.29 is 14.7 Å². The van der Waals surface area contributed by atoms with Crippen LogP contribution in [0, 0.1) is 0 Å². The standard InChI is InChI=1S/C19H16ClN3O4/c20-13-8-6-12(7-9-13)15(11-18(25)26)21-19(27)16-10-17(24)23(22-16)14-4-2-1-3-5-14/h1-10,15,22H,11H2,(H,21,27)(H,25,26)/t15-/m0/s1. The van der Waals surface area contributed by atoms with Crippen molar-refractivity contribution in [1.29, 1.82) is 0 Å². The predicted octanol–water partition coefficient (Wildman–Crippen LogP) is 2.76. The van der Waals surface area contributed by atoms with E-state index in [4.69, 9.17) is 16.7 Å². The largest absolute Gasteiger partial charge is 0.481 e. The molecule has 0 bridgehead atoms. The predicted molar refractivity (Wildman–Crippen MR) is 100 cm³/mol. The van der Waals surface area contributed by atoms with Gasteiger partial charge in [0, 0.05) is 11.1 Å². The number of aliphatic carboxylic acids is 1. The summed E-state index contributed by atoms with van der Waals surface area (Å²) in [6, 6.07) is 15.7. The third-order valence-electron chi connectivity index (χ3n) is 3.94. The molecule has 3 rings (SSSR count). The van der Waals surface area contributed by atoms with Crippen LogP contribution in [-0.2, 0) is 4.79 Å². The summed E-state index contributed by atoms with van der Waals surface area (Å²) >= 11 is 5.86. The monoisotopic (exact) mass is 385 g/mol. The number of hydrogen-bond acceptors (Lipinski definition) is 3. The van der Waals surface area contributed by atoms with Crippen LogP contribution >= 0.6 is 11.6 Å². The molecule has 138 valence electrons. The molecule has 0 aliphatic heterocycles. The lowest BCUT2D eigenvalue weighted by Gasteiger charge is -2.17. The molecule has 3 N–H and O–H groups in total. The highest BCUT2D eigenvalue weighted by molar-refractivity contribution is 6.30. The molecule has 0 saturated carbocycles. The summed E-state index contributed by atoms with van der Waals surface area (Å²) in [5.74, 6) is -1.64. The molecule has 3 aromatic rings. The average molecular weight is 386 g/mol. The summed E-state index contributed by atoms with van der Waals surface area (Å²) in [5.41, 5.74) is 0.821. The maximum absolute atomic E-state index is 12.6. The first-order valence-corrected chi connectivity index (χ1v) is 8.47. The van der Waals surface area contributed by atoms with Crippen molar-refractivity contribution in [3.63, 3.8) is 0 Å². The van der Waals surface area contributed by atoms with E-state index in [2.05, 4.69) is 10.4 Å². The molecule has 0 aliphatic carbocycles. The lowest BCUT2D eigenvalue weighted by atomic mass is 10.0. The summed E-state index contributed by atoms with van der Waals surface area (Å²) in [6.07, 6.45) is -0.309. The number of rotatable bonds is 6. The fourth-order valence-electron chi connectivity index (χ4n) is 2.64. The van der Waals surface area contributed by atoms with E-state index >= 15 is 0 Å². The minimum atomic E-state index is -1.06. The first-order chi connectivity index (χ1) is 12.9. The number of nitrogens with zero attached hydrogens (tertiary/aromatic N) is 1. The SMILES string of the molecule is O=C(O)C[C@H](NC(=O)c1cc(=O)n(-c2ccccc2)[nH]1)c1ccc(Cl)cc1. The second-order valence-corrected chi connectivity index (χ2v) is 6.29. The number of para-hydroxylation sites is 1. The van der Waals surface area contributed by atoms with E-state index in [0.29, 0.717) is 16.3 Å². The van der Waals surface area contributed by atoms with E-state index in [0.717, 1.165) is 0 Å². The van der Waals surface area contributed by atoms with Crippen molar-refractivity contribution in [1.82, 2.24) is 15.1 Å². The van der Waals surface area contributed by atoms with Crippen molar-refractivity contribution in [2.75, 3.05) is 0 Å². The Labute approximate surface area is 159 Å². The van der Waals surface area contributed by atoms with Crippen LogP contribution < -0.4 is 10.9 Å². The van der Waals surface area contributed by atoms with Gasteiger partial charge in [0.1, 0.15) is 5.69 Å². The molecule has 0 spiro atoms. The van der Waals surface area contributed by atoms with Crippen LogP contribution in [0.15, 0.2) is 65.5 Å². The lowest BCUT2D eigenvalue weighted by Crippen LogP contribution is -2.30. The summed E-state index contributed by atoms with van der Waals surface area (Å²) in [6.45, 7) is 0. The number of halogens is 1. The Morgan fingerprint density at radius 3 is 2.41 bits per heavy atom. The van der Waals surface area contributed by atoms with Crippen LogP contribution in [-0.4, -0.2) is 26.8 Å². The smallest absolute Gasteiger partial charge is 0.305 e. The molecule has 0 aliphatic rings. The molecule has 0 unspecified atom stereocenters. The lowest BCUT2D eigenvalue weighted by molar-refractivity contribution is -0.137. The Hall–Kier alpha value is -3.32. The number of benzene rings is 2. The number of carbonyl (C=O) groups excluding carboxylic acids is 1. The van der Waals surface area contributed by atoms with Gasteiger partial charge in [-0.25, -0.2) is 4.68 Å². The molecule has 0 saturated heterocycles. The number of carbonyl (C=O) groups is 2. The highest BCUT2D eigenvalue weighted by atomic mass is 35.5. The number of carboxylic acids is 1. The van der Waals surface area contributed by atoms with Crippen molar-refractivity contribution >= 4 is 23.5 Å². The zero-order valence-corrected chi connectivity index (χ0v) is 14.8. The Kier molecular flexibility index (Phi) is 5.42. The van der Waals surface area contributed by atoms with Crippen LogP contribution in [0.3, 0.4) is 0 Å². The zero-order valence-electron chi connectivity index (χ0n) is 14.1. The average Bonchev–Trinajstić information content (AvgIpc) is 3.04. The highest BCUT2D eigenvalue weighted by Gasteiger charge is 2.20. The van der Waals surface area contributed by atoms with E-state index < -0.39 is 23.5 Å². The van der Waals surface area contributed by atoms with Gasteiger partial charge < -0.3 is 10.4 Å². The number of H-pyrrole nitrogens is 1. The highest BCUT2D eigenvalue weighted by Crippen LogP contribution is 2.20. The fraction of sp³-hybridized carbons (Fsp3) is 0.105. The van der Waals surface area contributed by atoms with Gasteiger partial charge >= 0.3 is 5.97 Å². The van der Waals surface area contributed by atoms with Gasteiger partial charge in [0.05, 0.1) is 18.2 Å². The molecule has 27 heavy (non-hydrogen) atoms. The molecule has 8 heteroatoms. The molecule has 1 aromatic heterocycles. The van der Waals surface area contributed by atoms with Gasteiger partial charge in [0.2, 0.25) is 0 Å². The zero-order chi connectivity index (χ0) is 19.4. The Morgan fingerprint density at radius 2 is 1.78 bits per heavy atom. The van der Waals surface area contributed by atoms with E-state index in [-0.39, 0.29) is 12.1 Å². The number of aromatic amines is 1. The summed E-state index contributed by atoms with van der Waals surface area (Å²) in [4.78, 5) is 35.9. The molecular formula is C19H16ClN3O4. The van der Waals surface area contributed by atoms with Crippen molar-refractivity contribution in [3.8, 4) is 5.69 Å². The van der Waals surface area contributed by atoms with E-state index in [1.807, 2.05) is 6.07 Å². The third-order valence-corrected chi connectivity index (χ3v) is 4.19. The molecule has 0 fully saturated rings. The fourth-order valence-corrected chi connectivity index (χ4v) is 2.76. The van der Waals surface area contributed by atoms with Crippen LogP contribution in [0.4, 0.5) is 0 Å². The number of amides is 1. The minimum Gasteiger partial charge on any atom is -0.481 e. The van der Waals surface area contributed by atoms with Gasteiger partial charge in [-0.2, -0.15) is 0 Å². The maximum Gasteiger partial charge on any atom is 0.305 e. The molecule has 1 amide bonds. The van der Waals surface area contributed by atoms with Crippen LogP contribution in [0.1, 0.15) is 28.5 Å². The Bertz CT molecular complexity index is 1010. The second-order valence-electron chi connectivity index (χ2n) is 5.85. The molecule has 1 atom stereocenters. The number of nitrogens with one attached hydrogen (secondary N) is 2. The van der Waals surface area contributed by atoms with E-state index in [1.54, 1.807) is 48.5 Å². The van der Waals surface area contributed by atoms with Crippen LogP contribution in [0.2, 0.25) is 5.02 Å². The summed E-state index contributed by atoms with van der Waals surface area (Å²) < 4.78 is 1.24. The Balaban J connectivity index is 1.85. The van der Waals surface area contributed by atoms with Gasteiger partial charge in [-0.15, -0.1) is 0 Å². The number of carboxylic acid groups (broad SMARTS) is 1. The van der Waals surface area contributed by atoms with Gasteiger partial charge in [-0.1, -0.05) is 41.9 Å². The van der Waals surface area contributed by atoms with Crippen molar-refractivity contribution in [3.05, 3.63) is 87.3 Å². The van der Waals surface area contributed by atoms with Gasteiger partial charge in [-0.05, 0) is 29.8 Å². The number of hydrogen-bond donors (Lipinski definition) is 3. The third kappa shape index (κ3) is 4.45. The molecular weight excluding hydrogens is 370 g/mol. The van der Waals surface area contributed by atoms with Gasteiger partial charge in [0.25, 0.3) is 11.5 Å². The van der Waals surface area contributed by atoms with E-state index in [1.165, 1.54) is 10.7 Å². The molecule has 0 radical (unpaired) electrons. The van der Waals surface area contributed by atoms with Crippen LogP contribution in [0.5, 0.6) is 0 Å². The first-order valence-electron chi connectivity index (χ1n) is 8.09. The number of aromatic nitrogens is 2. The molecule has 1 heterocycles. The van der Waals surface area contributed by atoms with E-state index in [9.17, 15) is 14.4 Å². The Morgan fingerprint density at radius 1 is 1.11 bits per heavy atom. The first kappa shape index (κ1) is 18.5. The van der Waals surface area contributed by atoms with Crippen molar-refractivity contribution in [2.45, 2.75) is 12.5 Å². The van der Waals surface area contributed by atoms with Crippen LogP contribution in [0.25, 0.3) is 5.69 Å². The molecule has 7 nitrogen and oxygen atoms in total. The summed E-state index contributed by atoms with van der Waals surface area (Å²) in [7, 11) is 0. The maximum atomic E-state index is 12.6. The minimum absolute atomic E-state index is 0.0354. The molecule has 2 aromatic carbocycles. The topological polar surface area (TPSA) is 104 Å².